The molecule has 0 radical (unpaired) electrons. The second kappa shape index (κ2) is 9.91. The quantitative estimate of drug-likeness (QED) is 0.391. The largest absolute Gasteiger partial charge is 0.478 e. The fourth-order valence-electron chi connectivity index (χ4n) is 1.62. The first-order chi connectivity index (χ1) is 11.8. The first-order valence-electron chi connectivity index (χ1n) is 7.24. The number of hydrogen-bond acceptors (Lipinski definition) is 7. The summed E-state index contributed by atoms with van der Waals surface area (Å²) in [5.41, 5.74) is 12.2. The number of aromatic carboxylic acids is 1. The number of carboxylic acids is 1. The van der Waals surface area contributed by atoms with Crippen molar-refractivity contribution in [1.29, 1.82) is 0 Å². The zero-order valence-corrected chi connectivity index (χ0v) is 13.3. The summed E-state index contributed by atoms with van der Waals surface area (Å²) >= 11 is 0. The van der Waals surface area contributed by atoms with Crippen LogP contribution >= 0.6 is 0 Å². The number of hydrogen-bond donors (Lipinski definition) is 5. The van der Waals surface area contributed by atoms with Gasteiger partial charge in [-0.25, -0.2) is 9.59 Å². The number of carboxylic acid groups (broad SMARTS) is 1. The number of aliphatic hydroxyl groups excluding tert-OH is 2. The Morgan fingerprint density at radius 2 is 1.64 bits per heavy atom. The Bertz CT molecular complexity index is 703. The van der Waals surface area contributed by atoms with Gasteiger partial charge >= 0.3 is 11.9 Å². The Balaban J connectivity index is 0.000000271. The van der Waals surface area contributed by atoms with Crippen LogP contribution in [0.2, 0.25) is 0 Å². The zero-order chi connectivity index (χ0) is 18.8. The van der Waals surface area contributed by atoms with Gasteiger partial charge in [0.25, 0.3) is 0 Å². The molecule has 0 heterocycles. The van der Waals surface area contributed by atoms with E-state index in [9.17, 15) is 9.59 Å². The van der Waals surface area contributed by atoms with Gasteiger partial charge in [0, 0.05) is 11.4 Å². The molecular weight excluding hydrogens is 328 g/mol. The Hall–Kier alpha value is -3.10. The van der Waals surface area contributed by atoms with Crippen LogP contribution in [-0.2, 0) is 4.74 Å². The summed E-state index contributed by atoms with van der Waals surface area (Å²) in [5, 5.41) is 25.9. The van der Waals surface area contributed by atoms with Gasteiger partial charge in [0.1, 0.15) is 12.7 Å². The Labute approximate surface area is 144 Å². The van der Waals surface area contributed by atoms with Crippen LogP contribution in [-0.4, -0.2) is 46.6 Å². The van der Waals surface area contributed by atoms with Gasteiger partial charge in [0.05, 0.1) is 17.7 Å². The van der Waals surface area contributed by atoms with Crippen molar-refractivity contribution in [3.63, 3.8) is 0 Å². The van der Waals surface area contributed by atoms with Crippen LogP contribution in [0, 0.1) is 0 Å². The van der Waals surface area contributed by atoms with Crippen molar-refractivity contribution in [2.24, 2.45) is 0 Å². The maximum Gasteiger partial charge on any atom is 0.338 e. The molecule has 0 saturated heterocycles. The molecule has 8 heteroatoms. The minimum Gasteiger partial charge on any atom is -0.478 e. The minimum atomic E-state index is -1.04. The lowest BCUT2D eigenvalue weighted by Gasteiger charge is -2.08. The van der Waals surface area contributed by atoms with Crippen LogP contribution in [0.4, 0.5) is 11.4 Å². The van der Waals surface area contributed by atoms with Crippen molar-refractivity contribution in [3.05, 3.63) is 59.7 Å². The molecule has 1 atom stereocenters. The topological polar surface area (TPSA) is 156 Å². The number of anilines is 2. The zero-order valence-electron chi connectivity index (χ0n) is 13.3. The van der Waals surface area contributed by atoms with E-state index in [0.29, 0.717) is 16.9 Å². The van der Waals surface area contributed by atoms with Crippen LogP contribution < -0.4 is 11.5 Å². The molecular formula is C17H20N2O6. The Kier molecular flexibility index (Phi) is 7.91. The van der Waals surface area contributed by atoms with E-state index in [1.807, 2.05) is 0 Å². The number of aliphatic hydroxyl groups is 2. The lowest BCUT2D eigenvalue weighted by Crippen LogP contribution is -2.21. The van der Waals surface area contributed by atoms with Gasteiger partial charge in [-0.05, 0) is 36.4 Å². The highest BCUT2D eigenvalue weighted by Gasteiger charge is 2.09. The molecule has 0 bridgehead atoms. The van der Waals surface area contributed by atoms with Crippen LogP contribution in [0.1, 0.15) is 20.7 Å². The molecule has 0 aromatic heterocycles. The highest BCUT2D eigenvalue weighted by atomic mass is 16.5. The molecule has 0 amide bonds. The van der Waals surface area contributed by atoms with Gasteiger partial charge in [0.15, 0.2) is 0 Å². The van der Waals surface area contributed by atoms with Crippen molar-refractivity contribution in [2.75, 3.05) is 24.7 Å². The van der Waals surface area contributed by atoms with E-state index in [0.717, 1.165) is 0 Å². The van der Waals surface area contributed by atoms with E-state index >= 15 is 0 Å². The maximum absolute atomic E-state index is 11.3. The van der Waals surface area contributed by atoms with Crippen molar-refractivity contribution in [1.82, 2.24) is 0 Å². The van der Waals surface area contributed by atoms with Gasteiger partial charge in [-0.2, -0.15) is 0 Å². The van der Waals surface area contributed by atoms with E-state index in [-0.39, 0.29) is 12.2 Å². The number of carbonyl (C=O) groups is 2. The molecule has 0 spiro atoms. The number of ether oxygens (including phenoxy) is 1. The van der Waals surface area contributed by atoms with E-state index < -0.39 is 24.6 Å². The molecule has 134 valence electrons. The standard InChI is InChI=1S/C10H13NO4.C7H7NO2/c11-8-3-1-7(2-4-8)10(14)15-6-9(13)5-12;8-6-4-2-1-3-5(6)7(9)10/h1-4,9,12-13H,5-6,11H2;1-4H,8H2,(H,9,10). The second-order valence-corrected chi connectivity index (χ2v) is 4.95. The molecule has 2 aromatic carbocycles. The smallest absolute Gasteiger partial charge is 0.338 e. The lowest BCUT2D eigenvalue weighted by molar-refractivity contribution is 0.00933. The summed E-state index contributed by atoms with van der Waals surface area (Å²) in [6, 6.07) is 12.6. The average Bonchev–Trinajstić information content (AvgIpc) is 2.60. The normalized spacial score (nSPS) is 11.0. The predicted octanol–water partition coefficient (Wildman–Crippen LogP) is 0.746. The van der Waals surface area contributed by atoms with Crippen molar-refractivity contribution >= 4 is 23.3 Å². The van der Waals surface area contributed by atoms with Crippen LogP contribution in [0.15, 0.2) is 48.5 Å². The van der Waals surface area contributed by atoms with E-state index in [2.05, 4.69) is 0 Å². The summed E-state index contributed by atoms with van der Waals surface area (Å²) in [6.07, 6.45) is -1.04. The number of nitrogens with two attached hydrogens (primary N) is 2. The van der Waals surface area contributed by atoms with Crippen molar-refractivity contribution in [3.8, 4) is 0 Å². The van der Waals surface area contributed by atoms with Gasteiger partial charge in [-0.3, -0.25) is 0 Å². The Morgan fingerprint density at radius 3 is 2.12 bits per heavy atom. The molecule has 2 rings (SSSR count). The average molecular weight is 348 g/mol. The third-order valence-corrected chi connectivity index (χ3v) is 2.96. The molecule has 0 aliphatic rings. The molecule has 2 aromatic rings. The van der Waals surface area contributed by atoms with Crippen molar-refractivity contribution in [2.45, 2.75) is 6.10 Å². The molecule has 8 nitrogen and oxygen atoms in total. The molecule has 7 N–H and O–H groups in total. The number of rotatable bonds is 5. The SMILES string of the molecule is Nc1ccc(C(=O)OCC(O)CO)cc1.Nc1ccccc1C(=O)O. The first kappa shape index (κ1) is 19.9. The predicted molar refractivity (Wildman–Crippen MR) is 92.0 cm³/mol. The van der Waals surface area contributed by atoms with Crippen molar-refractivity contribution < 1.29 is 29.6 Å². The first-order valence-corrected chi connectivity index (χ1v) is 7.24. The van der Waals surface area contributed by atoms with Gasteiger partial charge in [-0.1, -0.05) is 12.1 Å². The minimum absolute atomic E-state index is 0.155. The van der Waals surface area contributed by atoms with Crippen LogP contribution in [0.3, 0.4) is 0 Å². The second-order valence-electron chi connectivity index (χ2n) is 4.95. The van der Waals surface area contributed by atoms with Crippen LogP contribution in [0.25, 0.3) is 0 Å². The van der Waals surface area contributed by atoms with E-state index in [4.69, 9.17) is 31.5 Å². The molecule has 0 fully saturated rings. The Morgan fingerprint density at radius 1 is 1.04 bits per heavy atom. The highest BCUT2D eigenvalue weighted by Crippen LogP contribution is 2.09. The lowest BCUT2D eigenvalue weighted by atomic mass is 10.2. The molecule has 1 unspecified atom stereocenters. The van der Waals surface area contributed by atoms with E-state index in [1.165, 1.54) is 18.2 Å². The maximum atomic E-state index is 11.3. The third-order valence-electron chi connectivity index (χ3n) is 2.96. The molecule has 0 aliphatic carbocycles. The van der Waals surface area contributed by atoms with Gasteiger partial charge in [-0.15, -0.1) is 0 Å². The number of nitrogen functional groups attached to an aromatic ring is 2. The summed E-state index contributed by atoms with van der Waals surface area (Å²) in [4.78, 5) is 21.7. The van der Waals surface area contributed by atoms with Gasteiger partial charge in [0.2, 0.25) is 0 Å². The number of carbonyl (C=O) groups excluding carboxylic acids is 1. The number of para-hydroxylation sites is 1. The highest BCUT2D eigenvalue weighted by molar-refractivity contribution is 5.93. The molecule has 25 heavy (non-hydrogen) atoms. The van der Waals surface area contributed by atoms with E-state index in [1.54, 1.807) is 30.3 Å². The number of esters is 1. The van der Waals surface area contributed by atoms with Gasteiger partial charge < -0.3 is 31.5 Å². The molecule has 0 saturated carbocycles. The molecule has 0 aliphatic heterocycles. The summed E-state index contributed by atoms with van der Waals surface area (Å²) in [6.45, 7) is -0.658. The number of benzene rings is 2. The van der Waals surface area contributed by atoms with Crippen LogP contribution in [0.5, 0.6) is 0 Å². The monoisotopic (exact) mass is 348 g/mol. The summed E-state index contributed by atoms with van der Waals surface area (Å²) < 4.78 is 4.73. The third kappa shape index (κ3) is 6.90. The fraction of sp³-hybridized carbons (Fsp3) is 0.176. The fourth-order valence-corrected chi connectivity index (χ4v) is 1.62. The summed E-state index contributed by atoms with van der Waals surface area (Å²) in [5.74, 6) is -1.54. The summed E-state index contributed by atoms with van der Waals surface area (Å²) in [7, 11) is 0.